The molecule has 1 N–H and O–H groups in total. The number of hydrogen-bond donors (Lipinski definition) is 1. The fourth-order valence-corrected chi connectivity index (χ4v) is 4.43. The summed E-state index contributed by atoms with van der Waals surface area (Å²) in [6, 6.07) is 4.17. The van der Waals surface area contributed by atoms with Crippen molar-refractivity contribution >= 4 is 21.4 Å². The van der Waals surface area contributed by atoms with E-state index < -0.39 is 10.0 Å². The Labute approximate surface area is 141 Å². The third-order valence-electron chi connectivity index (χ3n) is 4.21. The average molecular weight is 355 g/mol. The maximum absolute atomic E-state index is 11.7. The molecule has 0 fully saturated rings. The zero-order valence-electron chi connectivity index (χ0n) is 13.4. The van der Waals surface area contributed by atoms with Gasteiger partial charge in [-0.1, -0.05) is 0 Å². The fraction of sp³-hybridized carbons (Fsp3) is 0.533. The van der Waals surface area contributed by atoms with Gasteiger partial charge in [-0.05, 0) is 36.9 Å². The lowest BCUT2D eigenvalue weighted by molar-refractivity contribution is 0.169. The highest BCUT2D eigenvalue weighted by atomic mass is 32.2. The van der Waals surface area contributed by atoms with Crippen molar-refractivity contribution in [3.05, 3.63) is 39.8 Å². The predicted molar refractivity (Wildman–Crippen MR) is 91.9 cm³/mol. The Hall–Kier alpha value is -1.22. The van der Waals surface area contributed by atoms with E-state index in [0.717, 1.165) is 25.3 Å². The second kappa shape index (κ2) is 6.72. The topological polar surface area (TPSA) is 67.2 Å². The zero-order valence-corrected chi connectivity index (χ0v) is 15.0. The molecule has 1 aliphatic heterocycles. The number of nitrogens with zero attached hydrogens (tertiary/aromatic N) is 3. The molecule has 2 aromatic heterocycles. The number of aromatic nitrogens is 2. The van der Waals surface area contributed by atoms with Crippen molar-refractivity contribution in [2.75, 3.05) is 18.8 Å². The van der Waals surface area contributed by atoms with Crippen LogP contribution in [0.25, 0.3) is 0 Å². The lowest BCUT2D eigenvalue weighted by Crippen LogP contribution is -2.42. The average Bonchev–Trinajstić information content (AvgIpc) is 3.14. The summed E-state index contributed by atoms with van der Waals surface area (Å²) in [5, 5.41) is 6.49. The van der Waals surface area contributed by atoms with Gasteiger partial charge in [-0.15, -0.1) is 11.3 Å². The van der Waals surface area contributed by atoms with E-state index in [1.807, 2.05) is 10.7 Å². The normalized spacial score (nSPS) is 19.0. The quantitative estimate of drug-likeness (QED) is 0.858. The first-order chi connectivity index (χ1) is 11.0. The molecule has 0 saturated carbocycles. The Bertz CT molecular complexity index is 766. The van der Waals surface area contributed by atoms with Gasteiger partial charge in [-0.25, -0.2) is 13.1 Å². The minimum Gasteiger partial charge on any atom is -0.290 e. The van der Waals surface area contributed by atoms with Crippen molar-refractivity contribution in [2.24, 2.45) is 0 Å². The molecule has 6 nitrogen and oxygen atoms in total. The summed E-state index contributed by atoms with van der Waals surface area (Å²) in [6.07, 6.45) is 1.79. The molecule has 0 aromatic carbocycles. The molecule has 1 atom stereocenters. The van der Waals surface area contributed by atoms with Gasteiger partial charge in [0.05, 0.1) is 17.5 Å². The van der Waals surface area contributed by atoms with Gasteiger partial charge in [-0.3, -0.25) is 9.58 Å². The maximum atomic E-state index is 11.7. The zero-order chi connectivity index (χ0) is 16.4. The third-order valence-corrected chi connectivity index (χ3v) is 6.58. The monoisotopic (exact) mass is 354 g/mol. The van der Waals surface area contributed by atoms with E-state index in [-0.39, 0.29) is 11.8 Å². The minimum absolute atomic E-state index is 0.0235. The standard InChI is InChI=1S/C15H22N4O2S2/c1-3-23(20,21)17-8-14-10-18(9-13-4-6-16-19(13)14)11-15-12(2)5-7-22-15/h4-7,14,17H,3,8-11H2,1-2H3. The molecular formula is C15H22N4O2S2. The molecule has 1 aliphatic rings. The van der Waals surface area contributed by atoms with Crippen LogP contribution < -0.4 is 4.72 Å². The summed E-state index contributed by atoms with van der Waals surface area (Å²) in [5.41, 5.74) is 2.45. The van der Waals surface area contributed by atoms with Crippen LogP contribution in [-0.2, 0) is 23.1 Å². The molecule has 1 unspecified atom stereocenters. The molecule has 0 bridgehead atoms. The number of nitrogens with one attached hydrogen (secondary N) is 1. The molecule has 3 heterocycles. The highest BCUT2D eigenvalue weighted by Crippen LogP contribution is 2.24. The number of thiophene rings is 1. The molecule has 23 heavy (non-hydrogen) atoms. The lowest BCUT2D eigenvalue weighted by Gasteiger charge is -2.33. The largest absolute Gasteiger partial charge is 0.290 e. The highest BCUT2D eigenvalue weighted by molar-refractivity contribution is 7.89. The SMILES string of the molecule is CCS(=O)(=O)NCC1CN(Cc2sccc2C)Cc2ccnn21. The van der Waals surface area contributed by atoms with Crippen LogP contribution in [0.3, 0.4) is 0 Å². The Morgan fingerprint density at radius 1 is 1.43 bits per heavy atom. The van der Waals surface area contributed by atoms with Crippen molar-refractivity contribution in [1.29, 1.82) is 0 Å². The molecule has 0 radical (unpaired) electrons. The maximum Gasteiger partial charge on any atom is 0.211 e. The number of hydrogen-bond acceptors (Lipinski definition) is 5. The van der Waals surface area contributed by atoms with Crippen LogP contribution in [0.1, 0.15) is 29.1 Å². The summed E-state index contributed by atoms with van der Waals surface area (Å²) in [7, 11) is -3.19. The lowest BCUT2D eigenvalue weighted by atomic mass is 10.1. The molecule has 126 valence electrons. The Morgan fingerprint density at radius 2 is 2.26 bits per heavy atom. The second-order valence-electron chi connectivity index (χ2n) is 5.87. The van der Waals surface area contributed by atoms with Crippen molar-refractivity contribution in [3.8, 4) is 0 Å². The van der Waals surface area contributed by atoms with Crippen LogP contribution in [0.15, 0.2) is 23.7 Å². The van der Waals surface area contributed by atoms with Crippen molar-refractivity contribution in [3.63, 3.8) is 0 Å². The molecule has 2 aromatic rings. The van der Waals surface area contributed by atoms with Crippen LogP contribution >= 0.6 is 11.3 Å². The van der Waals surface area contributed by atoms with Gasteiger partial charge in [-0.2, -0.15) is 5.10 Å². The smallest absolute Gasteiger partial charge is 0.211 e. The predicted octanol–water partition coefficient (Wildman–Crippen LogP) is 1.75. The van der Waals surface area contributed by atoms with Gasteiger partial charge in [0.15, 0.2) is 0 Å². The van der Waals surface area contributed by atoms with E-state index in [9.17, 15) is 8.42 Å². The molecule has 0 spiro atoms. The van der Waals surface area contributed by atoms with Gasteiger partial charge in [0.25, 0.3) is 0 Å². The molecule has 3 rings (SSSR count). The van der Waals surface area contributed by atoms with Crippen LogP contribution in [0.5, 0.6) is 0 Å². The first-order valence-electron chi connectivity index (χ1n) is 7.73. The Kier molecular flexibility index (Phi) is 4.86. The van der Waals surface area contributed by atoms with Crippen molar-refractivity contribution in [2.45, 2.75) is 33.0 Å². The number of aryl methyl sites for hydroxylation is 1. The first-order valence-corrected chi connectivity index (χ1v) is 10.3. The molecule has 0 aliphatic carbocycles. The van der Waals surface area contributed by atoms with E-state index >= 15 is 0 Å². The summed E-state index contributed by atoms with van der Waals surface area (Å²) >= 11 is 1.77. The summed E-state index contributed by atoms with van der Waals surface area (Å²) in [5.74, 6) is 0.101. The van der Waals surface area contributed by atoms with Crippen LogP contribution in [-0.4, -0.2) is 41.9 Å². The van der Waals surface area contributed by atoms with E-state index in [1.54, 1.807) is 24.5 Å². The second-order valence-corrected chi connectivity index (χ2v) is 8.97. The first kappa shape index (κ1) is 16.6. The highest BCUT2D eigenvalue weighted by Gasteiger charge is 2.26. The minimum atomic E-state index is -3.19. The summed E-state index contributed by atoms with van der Waals surface area (Å²) in [6.45, 7) is 6.68. The van der Waals surface area contributed by atoms with Gasteiger partial charge >= 0.3 is 0 Å². The van der Waals surface area contributed by atoms with Gasteiger partial charge < -0.3 is 0 Å². The van der Waals surface area contributed by atoms with Gasteiger partial charge in [0.1, 0.15) is 0 Å². The molecule has 0 amide bonds. The van der Waals surface area contributed by atoms with E-state index in [4.69, 9.17) is 0 Å². The Balaban J connectivity index is 1.73. The van der Waals surface area contributed by atoms with E-state index in [2.05, 4.69) is 33.1 Å². The van der Waals surface area contributed by atoms with Crippen LogP contribution in [0, 0.1) is 6.92 Å². The molecular weight excluding hydrogens is 332 g/mol. The van der Waals surface area contributed by atoms with Crippen LogP contribution in [0.4, 0.5) is 0 Å². The van der Waals surface area contributed by atoms with Gasteiger partial charge in [0.2, 0.25) is 10.0 Å². The number of fused-ring (bicyclic) bond motifs is 1. The van der Waals surface area contributed by atoms with Crippen molar-refractivity contribution in [1.82, 2.24) is 19.4 Å². The van der Waals surface area contributed by atoms with E-state index in [1.165, 1.54) is 10.4 Å². The third kappa shape index (κ3) is 3.82. The van der Waals surface area contributed by atoms with Crippen LogP contribution in [0.2, 0.25) is 0 Å². The molecule has 0 saturated heterocycles. The van der Waals surface area contributed by atoms with E-state index in [0.29, 0.717) is 6.54 Å². The fourth-order valence-electron chi connectivity index (χ4n) is 2.83. The Morgan fingerprint density at radius 3 is 2.96 bits per heavy atom. The summed E-state index contributed by atoms with van der Waals surface area (Å²) < 4.78 is 28.1. The molecule has 8 heteroatoms. The number of sulfonamides is 1. The summed E-state index contributed by atoms with van der Waals surface area (Å²) in [4.78, 5) is 3.73. The van der Waals surface area contributed by atoms with Crippen molar-refractivity contribution < 1.29 is 8.42 Å². The number of rotatable bonds is 6. The van der Waals surface area contributed by atoms with Gasteiger partial charge in [0, 0.05) is 37.3 Å².